The number of hydrogen-bond acceptors (Lipinski definition) is 2. The average molecular weight is 287 g/mol. The van der Waals surface area contributed by atoms with Crippen LogP contribution in [0.4, 0.5) is 0 Å². The Kier molecular flexibility index (Phi) is 4.16. The standard InChI is InChI=1S/C17H21NO3/c1-5-6-18-9-15(11(4)19)14-8-12(17(20)21)7-13(10(2)3)16(14)18/h7-10H,5-6H2,1-4H3,(H,20,21). The summed E-state index contributed by atoms with van der Waals surface area (Å²) in [6, 6.07) is 3.35. The van der Waals surface area contributed by atoms with Crippen molar-refractivity contribution in [1.29, 1.82) is 0 Å². The smallest absolute Gasteiger partial charge is 0.335 e. The number of carboxylic acid groups (broad SMARTS) is 1. The van der Waals surface area contributed by atoms with E-state index in [1.165, 1.54) is 6.92 Å². The van der Waals surface area contributed by atoms with Gasteiger partial charge >= 0.3 is 5.97 Å². The Balaban J connectivity index is 2.89. The van der Waals surface area contributed by atoms with E-state index in [1.807, 2.05) is 20.0 Å². The Bertz CT molecular complexity index is 710. The van der Waals surface area contributed by atoms with E-state index in [0.717, 1.165) is 29.4 Å². The van der Waals surface area contributed by atoms with Gasteiger partial charge in [-0.15, -0.1) is 0 Å². The van der Waals surface area contributed by atoms with Crippen molar-refractivity contribution in [3.8, 4) is 0 Å². The van der Waals surface area contributed by atoms with Crippen LogP contribution in [0.3, 0.4) is 0 Å². The molecule has 2 rings (SSSR count). The van der Waals surface area contributed by atoms with Crippen molar-refractivity contribution in [3.63, 3.8) is 0 Å². The molecule has 1 aromatic carbocycles. The molecule has 21 heavy (non-hydrogen) atoms. The molecular formula is C17H21NO3. The second kappa shape index (κ2) is 5.72. The van der Waals surface area contributed by atoms with Crippen LogP contribution in [0.2, 0.25) is 0 Å². The van der Waals surface area contributed by atoms with Gasteiger partial charge in [0.25, 0.3) is 0 Å². The van der Waals surface area contributed by atoms with Crippen LogP contribution in [0.5, 0.6) is 0 Å². The number of benzene rings is 1. The summed E-state index contributed by atoms with van der Waals surface area (Å²) in [6.45, 7) is 8.50. The minimum Gasteiger partial charge on any atom is -0.478 e. The summed E-state index contributed by atoms with van der Waals surface area (Å²) in [7, 11) is 0. The monoisotopic (exact) mass is 287 g/mol. The Morgan fingerprint density at radius 3 is 2.43 bits per heavy atom. The fraction of sp³-hybridized carbons (Fsp3) is 0.412. The van der Waals surface area contributed by atoms with Gasteiger partial charge < -0.3 is 9.67 Å². The van der Waals surface area contributed by atoms with Crippen LogP contribution in [0.15, 0.2) is 18.3 Å². The molecule has 4 heteroatoms. The first kappa shape index (κ1) is 15.3. The van der Waals surface area contributed by atoms with Crippen molar-refractivity contribution in [1.82, 2.24) is 4.57 Å². The average Bonchev–Trinajstić information content (AvgIpc) is 2.77. The zero-order chi connectivity index (χ0) is 15.7. The summed E-state index contributed by atoms with van der Waals surface area (Å²) in [5.74, 6) is -0.805. The first-order chi connectivity index (χ1) is 9.86. The summed E-state index contributed by atoms with van der Waals surface area (Å²) in [5, 5.41) is 10.0. The fourth-order valence-corrected chi connectivity index (χ4v) is 2.73. The zero-order valence-corrected chi connectivity index (χ0v) is 12.9. The molecule has 112 valence electrons. The van der Waals surface area contributed by atoms with Gasteiger partial charge in [-0.2, -0.15) is 0 Å². The number of Topliss-reactive ketones (excluding diaryl/α,β-unsaturated/α-hetero) is 1. The second-order valence-corrected chi connectivity index (χ2v) is 5.71. The molecule has 1 heterocycles. The van der Waals surface area contributed by atoms with Crippen LogP contribution in [-0.2, 0) is 6.54 Å². The van der Waals surface area contributed by atoms with Crippen LogP contribution in [-0.4, -0.2) is 21.4 Å². The third kappa shape index (κ3) is 2.71. The van der Waals surface area contributed by atoms with E-state index in [9.17, 15) is 14.7 Å². The minimum atomic E-state index is -0.962. The molecule has 0 bridgehead atoms. The van der Waals surface area contributed by atoms with Crippen LogP contribution in [0, 0.1) is 0 Å². The molecule has 0 unspecified atom stereocenters. The number of ketones is 1. The lowest BCUT2D eigenvalue weighted by Crippen LogP contribution is -2.03. The number of carboxylic acids is 1. The lowest BCUT2D eigenvalue weighted by atomic mass is 9.96. The lowest BCUT2D eigenvalue weighted by molar-refractivity contribution is 0.0696. The topological polar surface area (TPSA) is 59.3 Å². The van der Waals surface area contributed by atoms with Gasteiger partial charge in [0.05, 0.1) is 11.1 Å². The van der Waals surface area contributed by atoms with Gasteiger partial charge in [-0.1, -0.05) is 20.8 Å². The molecule has 2 aromatic rings. The molecule has 0 saturated heterocycles. The van der Waals surface area contributed by atoms with Gasteiger partial charge in [-0.3, -0.25) is 4.79 Å². The fourth-order valence-electron chi connectivity index (χ4n) is 2.73. The van der Waals surface area contributed by atoms with Gasteiger partial charge in [-0.25, -0.2) is 4.79 Å². The maximum atomic E-state index is 11.9. The highest BCUT2D eigenvalue weighted by atomic mass is 16.4. The number of aromatic nitrogens is 1. The van der Waals surface area contributed by atoms with Gasteiger partial charge in [0.15, 0.2) is 5.78 Å². The molecule has 0 aliphatic carbocycles. The van der Waals surface area contributed by atoms with Crippen LogP contribution < -0.4 is 0 Å². The number of aromatic carboxylic acids is 1. The number of hydrogen-bond donors (Lipinski definition) is 1. The minimum absolute atomic E-state index is 0.0351. The summed E-state index contributed by atoms with van der Waals surface area (Å²) in [5.41, 5.74) is 2.80. The summed E-state index contributed by atoms with van der Waals surface area (Å²) >= 11 is 0. The van der Waals surface area contributed by atoms with E-state index in [-0.39, 0.29) is 17.3 Å². The Labute approximate surface area is 124 Å². The molecule has 0 radical (unpaired) electrons. The van der Waals surface area contributed by atoms with Crippen LogP contribution >= 0.6 is 0 Å². The first-order valence-corrected chi connectivity index (χ1v) is 7.27. The summed E-state index contributed by atoms with van der Waals surface area (Å²) in [4.78, 5) is 23.2. The number of nitrogens with zero attached hydrogens (tertiary/aromatic N) is 1. The molecule has 0 aliphatic heterocycles. The Hall–Kier alpha value is -2.10. The molecule has 0 fully saturated rings. The van der Waals surface area contributed by atoms with E-state index >= 15 is 0 Å². The van der Waals surface area contributed by atoms with Crippen molar-refractivity contribution in [2.75, 3.05) is 0 Å². The predicted octanol–water partition coefficient (Wildman–Crippen LogP) is 4.08. The highest BCUT2D eigenvalue weighted by Gasteiger charge is 2.19. The van der Waals surface area contributed by atoms with Crippen molar-refractivity contribution < 1.29 is 14.7 Å². The van der Waals surface area contributed by atoms with Crippen molar-refractivity contribution >= 4 is 22.7 Å². The molecule has 0 aliphatic rings. The van der Waals surface area contributed by atoms with Crippen molar-refractivity contribution in [2.24, 2.45) is 0 Å². The number of aryl methyl sites for hydroxylation is 1. The number of rotatable bonds is 5. The molecule has 0 spiro atoms. The van der Waals surface area contributed by atoms with Gasteiger partial charge in [0.2, 0.25) is 0 Å². The van der Waals surface area contributed by atoms with E-state index in [0.29, 0.717) is 5.56 Å². The maximum absolute atomic E-state index is 11.9. The van der Waals surface area contributed by atoms with Crippen LogP contribution in [0.1, 0.15) is 66.3 Å². The zero-order valence-electron chi connectivity index (χ0n) is 12.9. The third-order valence-electron chi connectivity index (χ3n) is 3.71. The van der Waals surface area contributed by atoms with E-state index in [2.05, 4.69) is 11.5 Å². The number of fused-ring (bicyclic) bond motifs is 1. The summed E-state index contributed by atoms with van der Waals surface area (Å²) < 4.78 is 2.08. The molecule has 0 atom stereocenters. The largest absolute Gasteiger partial charge is 0.478 e. The first-order valence-electron chi connectivity index (χ1n) is 7.27. The lowest BCUT2D eigenvalue weighted by Gasteiger charge is -2.13. The van der Waals surface area contributed by atoms with E-state index in [1.54, 1.807) is 12.1 Å². The van der Waals surface area contributed by atoms with E-state index < -0.39 is 5.97 Å². The quantitative estimate of drug-likeness (QED) is 0.843. The molecule has 0 saturated carbocycles. The maximum Gasteiger partial charge on any atom is 0.335 e. The molecule has 4 nitrogen and oxygen atoms in total. The normalized spacial score (nSPS) is 11.3. The second-order valence-electron chi connectivity index (χ2n) is 5.71. The molecule has 0 amide bonds. The van der Waals surface area contributed by atoms with Gasteiger partial charge in [0.1, 0.15) is 0 Å². The SMILES string of the molecule is CCCn1cc(C(C)=O)c2cc(C(=O)O)cc(C(C)C)c21. The van der Waals surface area contributed by atoms with Gasteiger partial charge in [0, 0.05) is 23.7 Å². The Morgan fingerprint density at radius 1 is 1.29 bits per heavy atom. The van der Waals surface area contributed by atoms with Crippen LogP contribution in [0.25, 0.3) is 10.9 Å². The number of carbonyl (C=O) groups is 2. The summed E-state index contributed by atoms with van der Waals surface area (Å²) in [6.07, 6.45) is 2.81. The highest BCUT2D eigenvalue weighted by Crippen LogP contribution is 2.31. The molecule has 1 N–H and O–H groups in total. The predicted molar refractivity (Wildman–Crippen MR) is 83.3 cm³/mol. The van der Waals surface area contributed by atoms with Crippen molar-refractivity contribution in [2.45, 2.75) is 46.6 Å². The van der Waals surface area contributed by atoms with Gasteiger partial charge in [-0.05, 0) is 37.0 Å². The highest BCUT2D eigenvalue weighted by molar-refractivity contribution is 6.09. The molecular weight excluding hydrogens is 266 g/mol. The van der Waals surface area contributed by atoms with E-state index in [4.69, 9.17) is 0 Å². The molecule has 1 aromatic heterocycles. The number of carbonyl (C=O) groups excluding carboxylic acids is 1. The third-order valence-corrected chi connectivity index (χ3v) is 3.71. The van der Waals surface area contributed by atoms with Crippen molar-refractivity contribution in [3.05, 3.63) is 35.0 Å². The Morgan fingerprint density at radius 2 is 1.95 bits per heavy atom.